The maximum atomic E-state index is 2.20. The molecule has 0 nitrogen and oxygen atoms in total. The minimum Gasteiger partial charge on any atom is -0.144 e. The summed E-state index contributed by atoms with van der Waals surface area (Å²) in [6.45, 7) is 4.33. The van der Waals surface area contributed by atoms with Crippen LogP contribution in [0.4, 0.5) is 0 Å². The van der Waals surface area contributed by atoms with E-state index in [1.54, 1.807) is 0 Å². The van der Waals surface area contributed by atoms with Crippen molar-refractivity contribution in [1.29, 1.82) is 0 Å². The molecule has 56 valence electrons. The van der Waals surface area contributed by atoms with Gasteiger partial charge in [-0.2, -0.15) is 0 Å². The Kier molecular flexibility index (Phi) is 1.46. The highest BCUT2D eigenvalue weighted by Gasteiger charge is 1.99. The van der Waals surface area contributed by atoms with E-state index in [1.165, 1.54) is 21.2 Å². The van der Waals surface area contributed by atoms with Gasteiger partial charge in [-0.05, 0) is 41.8 Å². The summed E-state index contributed by atoms with van der Waals surface area (Å²) in [6.07, 6.45) is 0. The molecule has 2 aromatic rings. The number of hydrogen-bond acceptors (Lipinski definition) is 1. The van der Waals surface area contributed by atoms with Crippen molar-refractivity contribution < 1.29 is 0 Å². The number of fused-ring (bicyclic) bond motifs is 1. The van der Waals surface area contributed by atoms with Gasteiger partial charge in [-0.3, -0.25) is 0 Å². The fourth-order valence-corrected chi connectivity index (χ4v) is 2.29. The molecule has 0 saturated heterocycles. The molecule has 1 aromatic carbocycles. The summed E-state index contributed by atoms with van der Waals surface area (Å²) in [6, 6.07) is 6.57. The summed E-state index contributed by atoms with van der Waals surface area (Å²) in [5.41, 5.74) is 2.77. The lowest BCUT2D eigenvalue weighted by Gasteiger charge is -1.97. The Morgan fingerprint density at radius 2 is 1.73 bits per heavy atom. The van der Waals surface area contributed by atoms with Gasteiger partial charge in [-0.25, -0.2) is 0 Å². The van der Waals surface area contributed by atoms with Crippen molar-refractivity contribution in [1.82, 2.24) is 0 Å². The monoisotopic (exact) mass is 162 g/mol. The molecule has 0 fully saturated rings. The highest BCUT2D eigenvalue weighted by atomic mass is 32.1. The molecule has 0 aliphatic heterocycles. The first kappa shape index (κ1) is 6.86. The Hall–Kier alpha value is -0.820. The van der Waals surface area contributed by atoms with E-state index in [0.717, 1.165) is 0 Å². The molecule has 0 saturated carbocycles. The SMILES string of the molecule is Cc1ccc(C)c2sccc12. The molecule has 11 heavy (non-hydrogen) atoms. The number of aryl methyl sites for hydroxylation is 2. The van der Waals surface area contributed by atoms with Crippen LogP contribution in [0, 0.1) is 13.8 Å². The number of rotatable bonds is 0. The van der Waals surface area contributed by atoms with Gasteiger partial charge < -0.3 is 0 Å². The van der Waals surface area contributed by atoms with Crippen LogP contribution in [0.15, 0.2) is 23.6 Å². The Morgan fingerprint density at radius 3 is 2.45 bits per heavy atom. The third-order valence-electron chi connectivity index (χ3n) is 2.03. The topological polar surface area (TPSA) is 0 Å². The zero-order valence-corrected chi connectivity index (χ0v) is 7.53. The fourth-order valence-electron chi connectivity index (χ4n) is 1.34. The van der Waals surface area contributed by atoms with Crippen molar-refractivity contribution in [2.45, 2.75) is 13.8 Å². The lowest BCUT2D eigenvalue weighted by Crippen LogP contribution is -1.75. The minimum absolute atomic E-state index is 1.38. The largest absolute Gasteiger partial charge is 0.144 e. The van der Waals surface area contributed by atoms with Crippen molar-refractivity contribution in [3.63, 3.8) is 0 Å². The molecular formula is C10H10S. The van der Waals surface area contributed by atoms with E-state index in [4.69, 9.17) is 0 Å². The zero-order chi connectivity index (χ0) is 7.84. The molecule has 1 heterocycles. The number of benzene rings is 1. The van der Waals surface area contributed by atoms with E-state index in [-0.39, 0.29) is 0 Å². The highest BCUT2D eigenvalue weighted by Crippen LogP contribution is 2.26. The summed E-state index contributed by atoms with van der Waals surface area (Å²) < 4.78 is 1.44. The Morgan fingerprint density at radius 1 is 1.00 bits per heavy atom. The summed E-state index contributed by atoms with van der Waals surface area (Å²) in [5.74, 6) is 0. The van der Waals surface area contributed by atoms with Crippen LogP contribution in [0.2, 0.25) is 0 Å². The number of hydrogen-bond donors (Lipinski definition) is 0. The third kappa shape index (κ3) is 0.962. The normalized spacial score (nSPS) is 10.7. The Balaban J connectivity index is 2.96. The second-order valence-electron chi connectivity index (χ2n) is 2.86. The van der Waals surface area contributed by atoms with Crippen molar-refractivity contribution in [2.75, 3.05) is 0 Å². The van der Waals surface area contributed by atoms with E-state index in [9.17, 15) is 0 Å². The first-order chi connectivity index (χ1) is 5.29. The fraction of sp³-hybridized carbons (Fsp3) is 0.200. The van der Waals surface area contributed by atoms with E-state index in [0.29, 0.717) is 0 Å². The average Bonchev–Trinajstić information content (AvgIpc) is 2.45. The van der Waals surface area contributed by atoms with Crippen LogP contribution >= 0.6 is 11.3 Å². The van der Waals surface area contributed by atoms with Gasteiger partial charge in [0.2, 0.25) is 0 Å². The second-order valence-corrected chi connectivity index (χ2v) is 3.78. The van der Waals surface area contributed by atoms with E-state index in [1.807, 2.05) is 11.3 Å². The van der Waals surface area contributed by atoms with E-state index >= 15 is 0 Å². The van der Waals surface area contributed by atoms with Gasteiger partial charge in [0, 0.05) is 4.70 Å². The van der Waals surface area contributed by atoms with Crippen LogP contribution < -0.4 is 0 Å². The zero-order valence-electron chi connectivity index (χ0n) is 6.72. The first-order valence-electron chi connectivity index (χ1n) is 3.72. The van der Waals surface area contributed by atoms with Crippen LogP contribution in [-0.4, -0.2) is 0 Å². The Labute approximate surface area is 70.5 Å². The predicted octanol–water partition coefficient (Wildman–Crippen LogP) is 3.52. The maximum absolute atomic E-state index is 2.20. The summed E-state index contributed by atoms with van der Waals surface area (Å²) in [7, 11) is 0. The van der Waals surface area contributed by atoms with Crippen molar-refractivity contribution in [2.24, 2.45) is 0 Å². The van der Waals surface area contributed by atoms with Gasteiger partial charge in [0.05, 0.1) is 0 Å². The Bertz CT molecular complexity index is 349. The van der Waals surface area contributed by atoms with Crippen molar-refractivity contribution >= 4 is 21.4 Å². The molecule has 0 spiro atoms. The van der Waals surface area contributed by atoms with Crippen molar-refractivity contribution in [3.05, 3.63) is 34.7 Å². The van der Waals surface area contributed by atoms with Gasteiger partial charge in [-0.15, -0.1) is 11.3 Å². The molecule has 0 unspecified atom stereocenters. The molecule has 0 bridgehead atoms. The van der Waals surface area contributed by atoms with E-state index < -0.39 is 0 Å². The molecule has 2 rings (SSSR count). The maximum Gasteiger partial charge on any atom is 0.0374 e. The molecule has 1 heteroatoms. The van der Waals surface area contributed by atoms with Gasteiger partial charge in [0.25, 0.3) is 0 Å². The van der Waals surface area contributed by atoms with Gasteiger partial charge in [0.15, 0.2) is 0 Å². The standard InChI is InChI=1S/C10H10S/c1-7-3-4-8(2)10-9(7)5-6-11-10/h3-6H,1-2H3. The third-order valence-corrected chi connectivity index (χ3v) is 3.08. The summed E-state index contributed by atoms with van der Waals surface area (Å²) in [5, 5.41) is 3.57. The van der Waals surface area contributed by atoms with Crippen LogP contribution in [0.3, 0.4) is 0 Å². The summed E-state index contributed by atoms with van der Waals surface area (Å²) in [4.78, 5) is 0. The van der Waals surface area contributed by atoms with Gasteiger partial charge in [-0.1, -0.05) is 12.1 Å². The van der Waals surface area contributed by atoms with Crippen LogP contribution in [0.25, 0.3) is 10.1 Å². The van der Waals surface area contributed by atoms with E-state index in [2.05, 4.69) is 37.4 Å². The predicted molar refractivity (Wildman–Crippen MR) is 51.3 cm³/mol. The molecule has 0 atom stereocenters. The van der Waals surface area contributed by atoms with Crippen LogP contribution in [0.1, 0.15) is 11.1 Å². The lowest BCUT2D eigenvalue weighted by atomic mass is 10.1. The molecule has 0 amide bonds. The quantitative estimate of drug-likeness (QED) is 0.556. The van der Waals surface area contributed by atoms with Crippen LogP contribution in [0.5, 0.6) is 0 Å². The van der Waals surface area contributed by atoms with Crippen LogP contribution in [-0.2, 0) is 0 Å². The molecule has 0 aliphatic rings. The molecule has 0 radical (unpaired) electrons. The average molecular weight is 162 g/mol. The molecule has 1 aromatic heterocycles. The molecule has 0 N–H and O–H groups in total. The lowest BCUT2D eigenvalue weighted by molar-refractivity contribution is 1.48. The molecular weight excluding hydrogens is 152 g/mol. The highest BCUT2D eigenvalue weighted by molar-refractivity contribution is 7.17. The van der Waals surface area contributed by atoms with Gasteiger partial charge >= 0.3 is 0 Å². The van der Waals surface area contributed by atoms with Crippen molar-refractivity contribution in [3.8, 4) is 0 Å². The second kappa shape index (κ2) is 2.35. The molecule has 0 aliphatic carbocycles. The number of thiophene rings is 1. The first-order valence-corrected chi connectivity index (χ1v) is 4.60. The van der Waals surface area contributed by atoms with Gasteiger partial charge in [0.1, 0.15) is 0 Å². The minimum atomic E-state index is 1.38. The summed E-state index contributed by atoms with van der Waals surface area (Å²) >= 11 is 1.83. The smallest absolute Gasteiger partial charge is 0.0374 e.